The van der Waals surface area contributed by atoms with Crippen LogP contribution in [0.25, 0.3) is 39.5 Å². The number of benzene rings is 2. The third-order valence-electron chi connectivity index (χ3n) is 8.43. The molecule has 43 heavy (non-hydrogen) atoms. The molecule has 2 aliphatic heterocycles. The van der Waals surface area contributed by atoms with E-state index < -0.39 is 0 Å². The van der Waals surface area contributed by atoms with Crippen LogP contribution in [0.1, 0.15) is 17.9 Å². The summed E-state index contributed by atoms with van der Waals surface area (Å²) in [6.07, 6.45) is 4.76. The molecule has 5 aromatic rings. The minimum atomic E-state index is 0.0700. The zero-order chi connectivity index (χ0) is 29.3. The molecular weight excluding hydrogens is 538 g/mol. The number of pyridine rings is 2. The summed E-state index contributed by atoms with van der Waals surface area (Å²) >= 11 is 0. The topological polar surface area (TPSA) is 120 Å². The second-order valence-corrected chi connectivity index (χ2v) is 11.0. The molecule has 0 saturated carbocycles. The number of nitrogen functional groups attached to an aromatic ring is 1. The number of imidazole rings is 1. The van der Waals surface area contributed by atoms with Crippen molar-refractivity contribution in [2.75, 3.05) is 45.0 Å². The van der Waals surface area contributed by atoms with E-state index in [1.807, 2.05) is 69.0 Å². The van der Waals surface area contributed by atoms with Crippen molar-refractivity contribution in [3.8, 4) is 34.5 Å². The zero-order valence-corrected chi connectivity index (χ0v) is 23.7. The number of anilines is 1. The van der Waals surface area contributed by atoms with E-state index in [0.717, 1.165) is 46.6 Å². The van der Waals surface area contributed by atoms with E-state index in [-0.39, 0.29) is 11.9 Å². The summed E-state index contributed by atoms with van der Waals surface area (Å²) in [5, 5.41) is 9.11. The number of likely N-dealkylation sites (tertiary alicyclic amines) is 1. The van der Waals surface area contributed by atoms with Crippen LogP contribution in [-0.2, 0) is 0 Å². The van der Waals surface area contributed by atoms with Crippen molar-refractivity contribution in [3.63, 3.8) is 0 Å². The number of rotatable bonds is 4. The summed E-state index contributed by atoms with van der Waals surface area (Å²) in [7, 11) is 0. The van der Waals surface area contributed by atoms with Crippen molar-refractivity contribution >= 4 is 23.0 Å². The molecule has 10 heteroatoms. The minimum absolute atomic E-state index is 0.0700. The van der Waals surface area contributed by atoms with Gasteiger partial charge in [-0.05, 0) is 48.4 Å². The quantitative estimate of drug-likeness (QED) is 0.311. The molecule has 5 heterocycles. The van der Waals surface area contributed by atoms with Crippen molar-refractivity contribution in [3.05, 3.63) is 90.6 Å². The number of carbonyl (C=O) groups is 1. The lowest BCUT2D eigenvalue weighted by molar-refractivity contribution is 0.136. The van der Waals surface area contributed by atoms with E-state index in [2.05, 4.69) is 35.4 Å². The maximum Gasteiger partial charge on any atom is 0.320 e. The second kappa shape index (κ2) is 11.1. The van der Waals surface area contributed by atoms with Crippen molar-refractivity contribution in [1.82, 2.24) is 34.2 Å². The van der Waals surface area contributed by atoms with Crippen LogP contribution in [0, 0.1) is 11.5 Å². The third kappa shape index (κ3) is 4.99. The second-order valence-electron chi connectivity index (χ2n) is 11.0. The lowest BCUT2D eigenvalue weighted by Crippen LogP contribution is -2.51. The molecule has 1 atom stereocenters. The van der Waals surface area contributed by atoms with Gasteiger partial charge in [-0.15, -0.1) is 0 Å². The number of urea groups is 1. The number of nitriles is 1. The summed E-state index contributed by atoms with van der Waals surface area (Å²) in [6, 6.07) is 26.4. The van der Waals surface area contributed by atoms with Gasteiger partial charge in [0, 0.05) is 62.6 Å². The average Bonchev–Trinajstić information content (AvgIpc) is 3.71. The smallest absolute Gasteiger partial charge is 0.320 e. The predicted octanol–water partition coefficient (Wildman–Crippen LogP) is 4.74. The molecule has 10 nitrogen and oxygen atoms in total. The maximum absolute atomic E-state index is 13.2. The van der Waals surface area contributed by atoms with Gasteiger partial charge in [-0.25, -0.2) is 19.7 Å². The number of amides is 2. The molecule has 0 spiro atoms. The Bertz CT molecular complexity index is 1820. The molecule has 7 rings (SSSR count). The van der Waals surface area contributed by atoms with E-state index in [4.69, 9.17) is 21.0 Å². The van der Waals surface area contributed by atoms with Gasteiger partial charge < -0.3 is 20.4 Å². The Hall–Kier alpha value is -5.43. The molecule has 0 unspecified atom stereocenters. The monoisotopic (exact) mass is 569 g/mol. The predicted molar refractivity (Wildman–Crippen MR) is 165 cm³/mol. The number of fused-ring (bicyclic) bond motifs is 1. The highest BCUT2D eigenvalue weighted by molar-refractivity contribution is 5.84. The standard InChI is InChI=1S/C33H31N9O/c34-22-39-17-19-40(20-18-39)33(43)41-16-14-25(21-41)23-8-10-26(11-9-23)42-31(27-7-4-15-36-30(27)35)38-29-13-12-28(37-32(29)42)24-5-2-1-3-6-24/h1-13,15,25H,14,16-21H2,(H2,35,36)/t25-/m0/s1. The Kier molecular flexibility index (Phi) is 6.83. The van der Waals surface area contributed by atoms with E-state index in [9.17, 15) is 4.79 Å². The highest BCUT2D eigenvalue weighted by Gasteiger charge is 2.31. The summed E-state index contributed by atoms with van der Waals surface area (Å²) in [4.78, 5) is 33.0. The molecule has 2 aromatic carbocycles. The summed E-state index contributed by atoms with van der Waals surface area (Å²) in [5.74, 6) is 1.35. The van der Waals surface area contributed by atoms with Crippen LogP contribution < -0.4 is 5.73 Å². The first-order valence-corrected chi connectivity index (χ1v) is 14.5. The van der Waals surface area contributed by atoms with Crippen molar-refractivity contribution in [2.24, 2.45) is 0 Å². The molecule has 214 valence electrons. The van der Waals surface area contributed by atoms with Gasteiger partial charge in [0.25, 0.3) is 0 Å². The lowest BCUT2D eigenvalue weighted by Gasteiger charge is -2.34. The maximum atomic E-state index is 13.2. The van der Waals surface area contributed by atoms with E-state index in [1.54, 1.807) is 11.1 Å². The Morgan fingerprint density at radius 1 is 0.860 bits per heavy atom. The molecule has 2 aliphatic rings. The van der Waals surface area contributed by atoms with E-state index in [0.29, 0.717) is 44.4 Å². The van der Waals surface area contributed by atoms with Crippen LogP contribution in [0.3, 0.4) is 0 Å². The number of carbonyl (C=O) groups excluding carboxylic acids is 1. The number of hydrogen-bond acceptors (Lipinski definition) is 7. The molecule has 0 bridgehead atoms. The largest absolute Gasteiger partial charge is 0.383 e. The van der Waals surface area contributed by atoms with Crippen LogP contribution >= 0.6 is 0 Å². The first-order chi connectivity index (χ1) is 21.1. The van der Waals surface area contributed by atoms with Gasteiger partial charge in [-0.2, -0.15) is 5.26 Å². The first-order valence-electron chi connectivity index (χ1n) is 14.5. The molecule has 2 N–H and O–H groups in total. The van der Waals surface area contributed by atoms with Crippen LogP contribution in [0.4, 0.5) is 10.6 Å². The van der Waals surface area contributed by atoms with Crippen molar-refractivity contribution in [1.29, 1.82) is 5.26 Å². The van der Waals surface area contributed by atoms with Gasteiger partial charge in [0.1, 0.15) is 11.3 Å². The van der Waals surface area contributed by atoms with E-state index in [1.165, 1.54) is 5.56 Å². The Labute approximate surface area is 249 Å². The Balaban J connectivity index is 1.19. The highest BCUT2D eigenvalue weighted by atomic mass is 16.2. The molecule has 3 aromatic heterocycles. The van der Waals surface area contributed by atoms with Crippen LogP contribution in [0.5, 0.6) is 0 Å². The number of aromatic nitrogens is 4. The summed E-state index contributed by atoms with van der Waals surface area (Å²) in [5.41, 5.74) is 12.6. The highest BCUT2D eigenvalue weighted by Crippen LogP contribution is 2.33. The number of nitrogens with zero attached hydrogens (tertiary/aromatic N) is 8. The normalized spacial score (nSPS) is 16.9. The molecule has 0 radical (unpaired) electrons. The van der Waals surface area contributed by atoms with Crippen molar-refractivity contribution < 1.29 is 4.79 Å². The van der Waals surface area contributed by atoms with Gasteiger partial charge in [0.15, 0.2) is 17.7 Å². The Morgan fingerprint density at radius 3 is 2.40 bits per heavy atom. The van der Waals surface area contributed by atoms with Crippen LogP contribution in [0.15, 0.2) is 85.1 Å². The van der Waals surface area contributed by atoms with Crippen LogP contribution in [0.2, 0.25) is 0 Å². The average molecular weight is 570 g/mol. The van der Waals surface area contributed by atoms with Gasteiger partial charge in [-0.1, -0.05) is 42.5 Å². The Morgan fingerprint density at radius 2 is 1.65 bits per heavy atom. The third-order valence-corrected chi connectivity index (χ3v) is 8.43. The molecule has 2 fully saturated rings. The van der Waals surface area contributed by atoms with Crippen molar-refractivity contribution in [2.45, 2.75) is 12.3 Å². The van der Waals surface area contributed by atoms with Gasteiger partial charge in [0.2, 0.25) is 0 Å². The fourth-order valence-corrected chi connectivity index (χ4v) is 6.06. The van der Waals surface area contributed by atoms with Gasteiger partial charge >= 0.3 is 6.03 Å². The fraction of sp³-hybridized carbons (Fsp3) is 0.242. The summed E-state index contributed by atoms with van der Waals surface area (Å²) in [6.45, 7) is 3.78. The number of hydrogen-bond donors (Lipinski definition) is 1. The molecule has 0 aliphatic carbocycles. The molecule has 2 saturated heterocycles. The van der Waals surface area contributed by atoms with Gasteiger partial charge in [0.05, 0.1) is 11.3 Å². The van der Waals surface area contributed by atoms with E-state index >= 15 is 0 Å². The molecular formula is C33H31N9O. The SMILES string of the molecule is N#CN1CCN(C(=O)N2CC[C@H](c3ccc(-n4c(-c5cccnc5N)nc5ccc(-c6ccccc6)nc54)cc3)C2)CC1. The zero-order valence-electron chi connectivity index (χ0n) is 23.7. The number of piperazine rings is 1. The molecule has 2 amide bonds. The first kappa shape index (κ1) is 26.5. The van der Waals surface area contributed by atoms with Gasteiger partial charge in [-0.3, -0.25) is 4.57 Å². The number of nitrogens with two attached hydrogens (primary N) is 1. The lowest BCUT2D eigenvalue weighted by atomic mass is 9.98. The summed E-state index contributed by atoms with van der Waals surface area (Å²) < 4.78 is 2.05. The van der Waals surface area contributed by atoms with Crippen LogP contribution in [-0.4, -0.2) is 79.5 Å². The fourth-order valence-electron chi connectivity index (χ4n) is 6.06. The minimum Gasteiger partial charge on any atom is -0.383 e.